The van der Waals surface area contributed by atoms with Gasteiger partial charge in [0.15, 0.2) is 0 Å². The number of para-hydroxylation sites is 1. The van der Waals surface area contributed by atoms with Gasteiger partial charge in [-0.2, -0.15) is 8.78 Å². The second-order valence-corrected chi connectivity index (χ2v) is 6.57. The minimum Gasteiger partial charge on any atom is -0.434 e. The zero-order valence-corrected chi connectivity index (χ0v) is 15.7. The van der Waals surface area contributed by atoms with Gasteiger partial charge < -0.3 is 14.8 Å². The third kappa shape index (κ3) is 5.98. The average molecular weight is 415 g/mol. The lowest BCUT2D eigenvalue weighted by atomic mass is 10.2. The van der Waals surface area contributed by atoms with Gasteiger partial charge in [0.1, 0.15) is 11.5 Å². The minimum atomic E-state index is -2.96. The molecule has 1 heterocycles. The first-order valence-corrected chi connectivity index (χ1v) is 9.28. The summed E-state index contributed by atoms with van der Waals surface area (Å²) in [6, 6.07) is 15.9. The van der Waals surface area contributed by atoms with E-state index in [1.54, 1.807) is 36.4 Å². The molecule has 5 nitrogen and oxygen atoms in total. The van der Waals surface area contributed by atoms with Crippen molar-refractivity contribution in [3.05, 3.63) is 82.6 Å². The number of esters is 1. The van der Waals surface area contributed by atoms with Crippen LogP contribution in [0.2, 0.25) is 0 Å². The number of alkyl halides is 2. The molecule has 0 aliphatic rings. The monoisotopic (exact) mass is 415 g/mol. The molecule has 3 aromatic rings. The normalized spacial score (nSPS) is 10.9. The molecule has 29 heavy (non-hydrogen) atoms. The number of carbonyl (C=O) groups excluding carboxylic acids is 2. The van der Waals surface area contributed by atoms with Gasteiger partial charge in [-0.25, -0.2) is 4.79 Å². The van der Waals surface area contributed by atoms with Gasteiger partial charge in [0, 0.05) is 17.3 Å². The summed E-state index contributed by atoms with van der Waals surface area (Å²) >= 11 is 1.33. The van der Waals surface area contributed by atoms with Crippen LogP contribution in [0.25, 0.3) is 6.08 Å². The Morgan fingerprint density at radius 2 is 1.76 bits per heavy atom. The number of ether oxygens (including phenoxy) is 2. The molecule has 1 N–H and O–H groups in total. The van der Waals surface area contributed by atoms with Crippen molar-refractivity contribution in [2.75, 3.05) is 5.32 Å². The Bertz CT molecular complexity index is 1000. The number of hydrogen-bond donors (Lipinski definition) is 1. The van der Waals surface area contributed by atoms with E-state index < -0.39 is 12.6 Å². The number of hydrogen-bond acceptors (Lipinski definition) is 5. The summed E-state index contributed by atoms with van der Waals surface area (Å²) in [5.41, 5.74) is 0.869. The summed E-state index contributed by atoms with van der Waals surface area (Å²) in [7, 11) is 0. The van der Waals surface area contributed by atoms with Crippen molar-refractivity contribution in [3.63, 3.8) is 0 Å². The Morgan fingerprint density at radius 1 is 1.00 bits per heavy atom. The summed E-state index contributed by atoms with van der Waals surface area (Å²) in [6.45, 7) is -2.96. The highest BCUT2D eigenvalue weighted by atomic mass is 32.1. The number of anilines is 1. The van der Waals surface area contributed by atoms with Crippen LogP contribution in [-0.4, -0.2) is 18.5 Å². The number of carbonyl (C=O) groups is 2. The van der Waals surface area contributed by atoms with Crippen LogP contribution in [0.5, 0.6) is 11.5 Å². The third-order valence-electron chi connectivity index (χ3n) is 3.61. The number of rotatable bonds is 7. The first-order valence-electron chi connectivity index (χ1n) is 8.40. The Balaban J connectivity index is 1.58. The maximum Gasteiger partial charge on any atom is 0.387 e. The van der Waals surface area contributed by atoms with Gasteiger partial charge in [-0.1, -0.05) is 24.3 Å². The molecule has 0 spiro atoms. The quantitative estimate of drug-likeness (QED) is 0.326. The van der Waals surface area contributed by atoms with E-state index in [1.807, 2.05) is 5.38 Å². The molecule has 0 unspecified atom stereocenters. The van der Waals surface area contributed by atoms with Gasteiger partial charge in [0.05, 0.1) is 4.88 Å². The van der Waals surface area contributed by atoms with Crippen molar-refractivity contribution in [3.8, 4) is 11.5 Å². The summed E-state index contributed by atoms with van der Waals surface area (Å²) in [5, 5.41) is 4.54. The molecule has 0 aliphatic carbocycles. The molecule has 0 bridgehead atoms. The van der Waals surface area contributed by atoms with E-state index >= 15 is 0 Å². The molecule has 2 aromatic carbocycles. The lowest BCUT2D eigenvalue weighted by Crippen LogP contribution is -2.10. The molecule has 148 valence electrons. The molecule has 1 amide bonds. The molecule has 0 radical (unpaired) electrons. The van der Waals surface area contributed by atoms with Gasteiger partial charge in [-0.3, -0.25) is 4.79 Å². The molecule has 1 aromatic heterocycles. The molecule has 8 heteroatoms. The fraction of sp³-hybridized carbons (Fsp3) is 0.0476. The van der Waals surface area contributed by atoms with Crippen LogP contribution >= 0.6 is 11.3 Å². The standard InChI is InChI=1S/C21H15F2NO4S/c22-21(23)28-17-5-2-1-4-14(17)7-12-19(25)27-16-10-8-15(9-11-16)24-20(26)18-6-3-13-29-18/h1-13,21H,(H,24,26)/b12-7+. The zero-order chi connectivity index (χ0) is 20.6. The lowest BCUT2D eigenvalue weighted by molar-refractivity contribution is -0.128. The van der Waals surface area contributed by atoms with Gasteiger partial charge in [0.25, 0.3) is 5.91 Å². The highest BCUT2D eigenvalue weighted by molar-refractivity contribution is 7.12. The van der Waals surface area contributed by atoms with Gasteiger partial charge >= 0.3 is 12.6 Å². The first kappa shape index (κ1) is 20.2. The van der Waals surface area contributed by atoms with Crippen LogP contribution in [-0.2, 0) is 4.79 Å². The predicted molar refractivity (Wildman–Crippen MR) is 106 cm³/mol. The maximum absolute atomic E-state index is 12.4. The van der Waals surface area contributed by atoms with Gasteiger partial charge in [0.2, 0.25) is 0 Å². The van der Waals surface area contributed by atoms with Crippen molar-refractivity contribution >= 4 is 35.0 Å². The zero-order valence-electron chi connectivity index (χ0n) is 14.9. The predicted octanol–water partition coefficient (Wildman–Crippen LogP) is 5.22. The number of thiophene rings is 1. The number of amides is 1. The first-order chi connectivity index (χ1) is 14.0. The van der Waals surface area contributed by atoms with E-state index in [9.17, 15) is 18.4 Å². The van der Waals surface area contributed by atoms with Crippen molar-refractivity contribution < 1.29 is 27.8 Å². The molecule has 3 rings (SSSR count). The maximum atomic E-state index is 12.4. The van der Waals surface area contributed by atoms with E-state index in [2.05, 4.69) is 10.1 Å². The van der Waals surface area contributed by atoms with Crippen LogP contribution in [0.3, 0.4) is 0 Å². The van der Waals surface area contributed by atoms with Crippen LogP contribution in [0, 0.1) is 0 Å². The summed E-state index contributed by atoms with van der Waals surface area (Å²) in [5.74, 6) is -0.687. The molecular formula is C21H15F2NO4S. The molecule has 0 saturated heterocycles. The summed E-state index contributed by atoms with van der Waals surface area (Å²) in [4.78, 5) is 24.6. The van der Waals surface area contributed by atoms with Crippen LogP contribution in [0.1, 0.15) is 15.2 Å². The van der Waals surface area contributed by atoms with Crippen LogP contribution in [0.4, 0.5) is 14.5 Å². The van der Waals surface area contributed by atoms with Crippen LogP contribution < -0.4 is 14.8 Å². The minimum absolute atomic E-state index is 0.0441. The fourth-order valence-electron chi connectivity index (χ4n) is 2.34. The van der Waals surface area contributed by atoms with E-state index in [4.69, 9.17) is 4.74 Å². The van der Waals surface area contributed by atoms with Gasteiger partial charge in [-0.05, 0) is 47.9 Å². The van der Waals surface area contributed by atoms with Crippen molar-refractivity contribution in [2.45, 2.75) is 6.61 Å². The second-order valence-electron chi connectivity index (χ2n) is 5.63. The van der Waals surface area contributed by atoms with Crippen LogP contribution in [0.15, 0.2) is 72.1 Å². The molecule has 0 saturated carbocycles. The molecule has 0 fully saturated rings. The molecular weight excluding hydrogens is 400 g/mol. The largest absolute Gasteiger partial charge is 0.434 e. The number of nitrogens with one attached hydrogen (secondary N) is 1. The highest BCUT2D eigenvalue weighted by Gasteiger charge is 2.09. The third-order valence-corrected chi connectivity index (χ3v) is 4.48. The Hall–Kier alpha value is -3.52. The Morgan fingerprint density at radius 3 is 2.45 bits per heavy atom. The van der Waals surface area contributed by atoms with E-state index in [-0.39, 0.29) is 17.4 Å². The second kappa shape index (κ2) is 9.61. The smallest absolute Gasteiger partial charge is 0.387 e. The topological polar surface area (TPSA) is 64.6 Å². The van der Waals surface area contributed by atoms with E-state index in [0.29, 0.717) is 16.1 Å². The summed E-state index contributed by atoms with van der Waals surface area (Å²) < 4.78 is 34.4. The van der Waals surface area contributed by atoms with Crippen molar-refractivity contribution in [2.24, 2.45) is 0 Å². The number of benzene rings is 2. The lowest BCUT2D eigenvalue weighted by Gasteiger charge is -2.07. The van der Waals surface area contributed by atoms with Gasteiger partial charge in [-0.15, -0.1) is 11.3 Å². The number of halogens is 2. The van der Waals surface area contributed by atoms with Crippen molar-refractivity contribution in [1.82, 2.24) is 0 Å². The fourth-order valence-corrected chi connectivity index (χ4v) is 2.96. The average Bonchev–Trinajstić information content (AvgIpc) is 3.23. The molecule has 0 atom stereocenters. The Labute approximate surface area is 169 Å². The summed E-state index contributed by atoms with van der Waals surface area (Å²) in [6.07, 6.45) is 2.44. The van der Waals surface area contributed by atoms with E-state index in [1.165, 1.54) is 41.7 Å². The molecule has 0 aliphatic heterocycles. The highest BCUT2D eigenvalue weighted by Crippen LogP contribution is 2.22. The van der Waals surface area contributed by atoms with Crippen molar-refractivity contribution in [1.29, 1.82) is 0 Å². The Kier molecular flexibility index (Phi) is 6.70. The SMILES string of the molecule is O=C(/C=C/c1ccccc1OC(F)F)Oc1ccc(NC(=O)c2cccs2)cc1. The van der Waals surface area contributed by atoms with E-state index in [0.717, 1.165) is 6.08 Å².